The number of imidazole rings is 1. The first kappa shape index (κ1) is 12.2. The molecule has 0 spiro atoms. The lowest BCUT2D eigenvalue weighted by Crippen LogP contribution is -2.29. The summed E-state index contributed by atoms with van der Waals surface area (Å²) in [5.74, 6) is -0.901. The number of aromatic carboxylic acids is 1. The molecule has 0 bridgehead atoms. The quantitative estimate of drug-likeness (QED) is 0.865. The standard InChI is InChI=1S/C14H17N3O2/c1-9-6-10(14(18)19)7-12-13(9)17(8-16-12)11-2-4-15-5-3-11/h6-8,11,15H,2-5H2,1H3,(H,18,19). The molecule has 1 fully saturated rings. The van der Waals surface area contributed by atoms with Gasteiger partial charge in [0.25, 0.3) is 0 Å². The second kappa shape index (κ2) is 4.66. The zero-order valence-corrected chi connectivity index (χ0v) is 10.9. The number of carboxylic acid groups (broad SMARTS) is 1. The first-order chi connectivity index (χ1) is 9.16. The smallest absolute Gasteiger partial charge is 0.335 e. The number of fused-ring (bicyclic) bond motifs is 1. The van der Waals surface area contributed by atoms with Crippen molar-refractivity contribution in [2.24, 2.45) is 0 Å². The molecule has 1 saturated heterocycles. The van der Waals surface area contributed by atoms with Crippen molar-refractivity contribution in [3.8, 4) is 0 Å². The maximum atomic E-state index is 11.1. The summed E-state index contributed by atoms with van der Waals surface area (Å²) >= 11 is 0. The van der Waals surface area contributed by atoms with Gasteiger partial charge in [-0.15, -0.1) is 0 Å². The molecule has 2 N–H and O–H groups in total. The zero-order chi connectivity index (χ0) is 13.4. The highest BCUT2D eigenvalue weighted by atomic mass is 16.4. The van der Waals surface area contributed by atoms with Crippen LogP contribution in [0.3, 0.4) is 0 Å². The average molecular weight is 259 g/mol. The van der Waals surface area contributed by atoms with Gasteiger partial charge in [0.2, 0.25) is 0 Å². The summed E-state index contributed by atoms with van der Waals surface area (Å²) in [7, 11) is 0. The first-order valence-electron chi connectivity index (χ1n) is 6.58. The Kier molecular flexibility index (Phi) is 2.98. The Morgan fingerprint density at radius 3 is 2.84 bits per heavy atom. The predicted octanol–water partition coefficient (Wildman–Crippen LogP) is 1.97. The van der Waals surface area contributed by atoms with Crippen LogP contribution in [-0.4, -0.2) is 33.7 Å². The Morgan fingerprint density at radius 2 is 2.16 bits per heavy atom. The molecule has 1 aliphatic heterocycles. The number of rotatable bonds is 2. The van der Waals surface area contributed by atoms with Gasteiger partial charge in [-0.25, -0.2) is 9.78 Å². The van der Waals surface area contributed by atoms with Gasteiger partial charge in [-0.3, -0.25) is 0 Å². The van der Waals surface area contributed by atoms with Gasteiger partial charge in [0.05, 0.1) is 22.9 Å². The largest absolute Gasteiger partial charge is 0.478 e. The van der Waals surface area contributed by atoms with Crippen LogP contribution in [0.1, 0.15) is 34.8 Å². The van der Waals surface area contributed by atoms with E-state index in [0.29, 0.717) is 11.6 Å². The summed E-state index contributed by atoms with van der Waals surface area (Å²) in [6, 6.07) is 3.84. The number of nitrogens with zero attached hydrogens (tertiary/aromatic N) is 2. The molecule has 1 aromatic carbocycles. The van der Waals surface area contributed by atoms with Crippen LogP contribution in [0.4, 0.5) is 0 Å². The van der Waals surface area contributed by atoms with Crippen molar-refractivity contribution in [3.63, 3.8) is 0 Å². The lowest BCUT2D eigenvalue weighted by molar-refractivity contribution is 0.0697. The molecule has 2 heterocycles. The first-order valence-corrected chi connectivity index (χ1v) is 6.58. The molecule has 0 radical (unpaired) electrons. The Morgan fingerprint density at radius 1 is 1.42 bits per heavy atom. The van der Waals surface area contributed by atoms with E-state index in [1.165, 1.54) is 0 Å². The fourth-order valence-corrected chi connectivity index (χ4v) is 2.86. The van der Waals surface area contributed by atoms with E-state index in [0.717, 1.165) is 42.5 Å². The van der Waals surface area contributed by atoms with E-state index in [1.807, 2.05) is 13.3 Å². The van der Waals surface area contributed by atoms with Gasteiger partial charge in [0, 0.05) is 6.04 Å². The second-order valence-corrected chi connectivity index (χ2v) is 5.10. The summed E-state index contributed by atoms with van der Waals surface area (Å²) in [5, 5.41) is 12.4. The summed E-state index contributed by atoms with van der Waals surface area (Å²) in [5.41, 5.74) is 3.12. The van der Waals surface area contributed by atoms with Crippen molar-refractivity contribution in [1.82, 2.24) is 14.9 Å². The normalized spacial score (nSPS) is 16.9. The maximum Gasteiger partial charge on any atom is 0.335 e. The van der Waals surface area contributed by atoms with Gasteiger partial charge < -0.3 is 15.0 Å². The summed E-state index contributed by atoms with van der Waals surface area (Å²) in [6.07, 6.45) is 4.02. The van der Waals surface area contributed by atoms with Gasteiger partial charge in [-0.1, -0.05) is 0 Å². The van der Waals surface area contributed by atoms with Crippen molar-refractivity contribution in [2.75, 3.05) is 13.1 Å². The lowest BCUT2D eigenvalue weighted by atomic mass is 10.0. The Balaban J connectivity index is 2.09. The molecule has 0 aliphatic carbocycles. The van der Waals surface area contributed by atoms with E-state index in [2.05, 4.69) is 14.9 Å². The number of hydrogen-bond acceptors (Lipinski definition) is 3. The minimum atomic E-state index is -0.901. The van der Waals surface area contributed by atoms with Gasteiger partial charge in [-0.2, -0.15) is 0 Å². The minimum Gasteiger partial charge on any atom is -0.478 e. The van der Waals surface area contributed by atoms with Gasteiger partial charge in [-0.05, 0) is 50.6 Å². The SMILES string of the molecule is Cc1cc(C(=O)O)cc2ncn(C3CCNCC3)c12. The molecule has 0 amide bonds. The minimum absolute atomic E-state index is 0.306. The fraction of sp³-hybridized carbons (Fsp3) is 0.429. The second-order valence-electron chi connectivity index (χ2n) is 5.10. The fourth-order valence-electron chi connectivity index (χ4n) is 2.86. The van der Waals surface area contributed by atoms with Crippen LogP contribution in [0.2, 0.25) is 0 Å². The highest BCUT2D eigenvalue weighted by Crippen LogP contribution is 2.27. The topological polar surface area (TPSA) is 67.1 Å². The summed E-state index contributed by atoms with van der Waals surface area (Å²) < 4.78 is 2.21. The van der Waals surface area contributed by atoms with E-state index >= 15 is 0 Å². The van der Waals surface area contributed by atoms with Crippen LogP contribution in [0, 0.1) is 6.92 Å². The van der Waals surface area contributed by atoms with E-state index in [4.69, 9.17) is 5.11 Å². The van der Waals surface area contributed by atoms with Crippen molar-refractivity contribution in [1.29, 1.82) is 0 Å². The van der Waals surface area contributed by atoms with Crippen LogP contribution in [0.25, 0.3) is 11.0 Å². The van der Waals surface area contributed by atoms with Crippen molar-refractivity contribution in [2.45, 2.75) is 25.8 Å². The maximum absolute atomic E-state index is 11.1. The molecule has 1 aromatic heterocycles. The number of aryl methyl sites for hydroxylation is 1. The number of aromatic nitrogens is 2. The van der Waals surface area contributed by atoms with Crippen LogP contribution >= 0.6 is 0 Å². The molecule has 5 nitrogen and oxygen atoms in total. The Hall–Kier alpha value is -1.88. The molecular weight excluding hydrogens is 242 g/mol. The molecule has 0 unspecified atom stereocenters. The number of hydrogen-bond donors (Lipinski definition) is 2. The molecule has 2 aromatic rings. The number of carbonyl (C=O) groups is 1. The lowest BCUT2D eigenvalue weighted by Gasteiger charge is -2.25. The van der Waals surface area contributed by atoms with Gasteiger partial charge >= 0.3 is 5.97 Å². The molecule has 0 saturated carbocycles. The molecule has 0 atom stereocenters. The third-order valence-electron chi connectivity index (χ3n) is 3.81. The summed E-state index contributed by atoms with van der Waals surface area (Å²) in [4.78, 5) is 15.4. The Labute approximate surface area is 111 Å². The molecule has 5 heteroatoms. The van der Waals surface area contributed by atoms with Crippen LogP contribution in [0.5, 0.6) is 0 Å². The van der Waals surface area contributed by atoms with E-state index in [-0.39, 0.29) is 0 Å². The molecule has 19 heavy (non-hydrogen) atoms. The average Bonchev–Trinajstić information content (AvgIpc) is 2.84. The number of nitrogens with one attached hydrogen (secondary N) is 1. The van der Waals surface area contributed by atoms with E-state index in [9.17, 15) is 4.79 Å². The predicted molar refractivity (Wildman–Crippen MR) is 72.6 cm³/mol. The third kappa shape index (κ3) is 2.10. The monoisotopic (exact) mass is 259 g/mol. The number of piperidine rings is 1. The van der Waals surface area contributed by atoms with Crippen LogP contribution in [0.15, 0.2) is 18.5 Å². The number of benzene rings is 1. The highest BCUT2D eigenvalue weighted by molar-refractivity contribution is 5.93. The third-order valence-corrected chi connectivity index (χ3v) is 3.81. The number of carboxylic acids is 1. The Bertz CT molecular complexity index is 627. The van der Waals surface area contributed by atoms with Crippen LogP contribution < -0.4 is 5.32 Å². The van der Waals surface area contributed by atoms with Crippen molar-refractivity contribution in [3.05, 3.63) is 29.6 Å². The van der Waals surface area contributed by atoms with Gasteiger partial charge in [0.1, 0.15) is 0 Å². The van der Waals surface area contributed by atoms with E-state index in [1.54, 1.807) is 12.1 Å². The van der Waals surface area contributed by atoms with Gasteiger partial charge in [0.15, 0.2) is 0 Å². The molecule has 100 valence electrons. The molecule has 1 aliphatic rings. The molecular formula is C14H17N3O2. The highest BCUT2D eigenvalue weighted by Gasteiger charge is 2.19. The van der Waals surface area contributed by atoms with E-state index < -0.39 is 5.97 Å². The van der Waals surface area contributed by atoms with Crippen molar-refractivity contribution < 1.29 is 9.90 Å². The molecule has 3 rings (SSSR count). The summed E-state index contributed by atoms with van der Waals surface area (Å²) in [6.45, 7) is 4.00. The zero-order valence-electron chi connectivity index (χ0n) is 10.9. The van der Waals surface area contributed by atoms with Crippen molar-refractivity contribution >= 4 is 17.0 Å². The van der Waals surface area contributed by atoms with Crippen LogP contribution in [-0.2, 0) is 0 Å².